The number of hydrogen-bond donors (Lipinski definition) is 3. The number of carbonyl (C=O) groups is 1. The minimum Gasteiger partial charge on any atom is -0.490 e. The van der Waals surface area contributed by atoms with E-state index in [1.54, 1.807) is 0 Å². The zero-order valence-corrected chi connectivity index (χ0v) is 15.9. The van der Waals surface area contributed by atoms with Crippen LogP contribution in [-0.2, 0) is 9.53 Å². The molecule has 3 rings (SSSR count). The van der Waals surface area contributed by atoms with Gasteiger partial charge in [0.15, 0.2) is 0 Å². The van der Waals surface area contributed by atoms with Crippen LogP contribution in [0.2, 0.25) is 0 Å². The maximum absolute atomic E-state index is 12.0. The first-order valence-electron chi connectivity index (χ1n) is 9.75. The number of hydrogen-bond acceptors (Lipinski definition) is 5. The van der Waals surface area contributed by atoms with Gasteiger partial charge in [-0.15, -0.1) is 0 Å². The van der Waals surface area contributed by atoms with Gasteiger partial charge >= 0.3 is 0 Å². The van der Waals surface area contributed by atoms with E-state index in [1.165, 1.54) is 0 Å². The Morgan fingerprint density at radius 1 is 1.41 bits per heavy atom. The molecule has 0 aliphatic carbocycles. The molecule has 0 bridgehead atoms. The number of amides is 1. The normalized spacial score (nSPS) is 16.4. The monoisotopic (exact) mass is 375 g/mol. The summed E-state index contributed by atoms with van der Waals surface area (Å²) in [5.41, 5.74) is 1.81. The Balaban J connectivity index is 1.32. The average molecular weight is 375 g/mol. The maximum atomic E-state index is 12.0. The number of benzene rings is 1. The quantitative estimate of drug-likeness (QED) is 0.585. The molecule has 0 spiro atoms. The highest BCUT2D eigenvalue weighted by Crippen LogP contribution is 2.27. The lowest BCUT2D eigenvalue weighted by Gasteiger charge is -2.21. The minimum absolute atomic E-state index is 0.0897. The fourth-order valence-electron chi connectivity index (χ4n) is 3.40. The molecule has 3 N–H and O–H groups in total. The number of nitrogens with one attached hydrogen (secondary N) is 2. The Morgan fingerprint density at radius 3 is 3.04 bits per heavy atom. The van der Waals surface area contributed by atoms with Crippen molar-refractivity contribution in [2.24, 2.45) is 5.92 Å². The average Bonchev–Trinajstić information content (AvgIpc) is 3.08. The van der Waals surface area contributed by atoms with E-state index in [4.69, 9.17) is 9.47 Å². The van der Waals surface area contributed by atoms with Gasteiger partial charge in [0.25, 0.3) is 0 Å². The third-order valence-electron chi connectivity index (χ3n) is 5.01. The van der Waals surface area contributed by atoms with Crippen LogP contribution in [0.5, 0.6) is 5.75 Å². The maximum Gasteiger partial charge on any atom is 0.223 e. The fraction of sp³-hybridized carbons (Fsp3) is 0.600. The predicted molar refractivity (Wildman–Crippen MR) is 103 cm³/mol. The topological polar surface area (TPSA) is 96.5 Å². The number of rotatable bonds is 9. The molecule has 2 aromatic rings. The number of ether oxygens (including phenoxy) is 2. The van der Waals surface area contributed by atoms with E-state index in [2.05, 4.69) is 15.5 Å². The highest BCUT2D eigenvalue weighted by Gasteiger charge is 2.20. The van der Waals surface area contributed by atoms with Crippen LogP contribution in [-0.4, -0.2) is 53.7 Å². The summed E-state index contributed by atoms with van der Waals surface area (Å²) in [6, 6.07) is 5.71. The summed E-state index contributed by atoms with van der Waals surface area (Å²) in [6.07, 6.45) is 3.43. The molecule has 1 atom stereocenters. The van der Waals surface area contributed by atoms with Gasteiger partial charge in [0.2, 0.25) is 5.91 Å². The molecule has 0 saturated carbocycles. The number of aromatic amines is 1. The minimum atomic E-state index is -0.529. The van der Waals surface area contributed by atoms with Gasteiger partial charge in [0.1, 0.15) is 12.4 Å². The molecular formula is C20H29N3O4. The molecule has 1 fully saturated rings. The summed E-state index contributed by atoms with van der Waals surface area (Å²) in [5.74, 6) is 0.958. The van der Waals surface area contributed by atoms with Crippen LogP contribution < -0.4 is 10.1 Å². The number of fused-ring (bicyclic) bond motifs is 1. The number of H-pyrrole nitrogens is 1. The van der Waals surface area contributed by atoms with Crippen molar-refractivity contribution < 1.29 is 19.4 Å². The second-order valence-corrected chi connectivity index (χ2v) is 7.14. The summed E-state index contributed by atoms with van der Waals surface area (Å²) in [7, 11) is 0. The van der Waals surface area contributed by atoms with E-state index in [1.807, 2.05) is 25.1 Å². The predicted octanol–water partition coefficient (Wildman–Crippen LogP) is 2.32. The van der Waals surface area contributed by atoms with Crippen molar-refractivity contribution in [1.82, 2.24) is 15.5 Å². The van der Waals surface area contributed by atoms with E-state index < -0.39 is 6.10 Å². The van der Waals surface area contributed by atoms with Crippen molar-refractivity contribution in [2.45, 2.75) is 45.1 Å². The summed E-state index contributed by atoms with van der Waals surface area (Å²) >= 11 is 0. The summed E-state index contributed by atoms with van der Waals surface area (Å²) in [4.78, 5) is 12.0. The van der Waals surface area contributed by atoms with Crippen LogP contribution in [0.25, 0.3) is 10.9 Å². The van der Waals surface area contributed by atoms with Gasteiger partial charge in [0.05, 0.1) is 17.0 Å². The Bertz CT molecular complexity index is 740. The largest absolute Gasteiger partial charge is 0.490 e. The van der Waals surface area contributed by atoms with Crippen LogP contribution in [0.4, 0.5) is 0 Å². The lowest BCUT2D eigenvalue weighted by atomic mass is 9.99. The fourth-order valence-corrected chi connectivity index (χ4v) is 3.40. The number of aromatic nitrogens is 2. The number of aryl methyl sites for hydroxylation is 1. The van der Waals surface area contributed by atoms with E-state index >= 15 is 0 Å². The van der Waals surface area contributed by atoms with Gasteiger partial charge in [-0.3, -0.25) is 9.89 Å². The third-order valence-corrected chi connectivity index (χ3v) is 5.01. The molecular weight excluding hydrogens is 346 g/mol. The Kier molecular flexibility index (Phi) is 7.06. The number of nitrogens with zero attached hydrogens (tertiary/aromatic N) is 1. The Morgan fingerprint density at radius 2 is 2.22 bits per heavy atom. The van der Waals surface area contributed by atoms with E-state index in [-0.39, 0.29) is 18.4 Å². The highest BCUT2D eigenvalue weighted by molar-refractivity contribution is 5.87. The molecule has 0 radical (unpaired) electrons. The van der Waals surface area contributed by atoms with Gasteiger partial charge in [-0.2, -0.15) is 5.10 Å². The lowest BCUT2D eigenvalue weighted by Crippen LogP contribution is -2.34. The Labute approximate surface area is 159 Å². The standard InChI is InChI=1S/C20H29N3O4/c1-14-19-17(23-22-14)6-4-7-18(19)27-13-16(24)5-2-3-10-21-20(25)15-8-11-26-12-9-15/h4,6-7,15-16,24H,2-3,5,8-13H2,1H3,(H,21,25)(H,22,23)/t16-/m0/s1. The SMILES string of the molecule is Cc1[nH]nc2cccc(OC[C@@H](O)CCCCNC(=O)C3CCOCC3)c12. The second kappa shape index (κ2) is 9.71. The molecule has 1 aliphatic heterocycles. The van der Waals surface area contributed by atoms with Gasteiger partial charge in [-0.25, -0.2) is 0 Å². The number of aliphatic hydroxyl groups excluding tert-OH is 1. The summed E-state index contributed by atoms with van der Waals surface area (Å²) < 4.78 is 11.1. The zero-order chi connectivity index (χ0) is 19.1. The molecule has 148 valence electrons. The van der Waals surface area contributed by atoms with Gasteiger partial charge in [-0.1, -0.05) is 6.07 Å². The molecule has 1 aliphatic rings. The molecule has 7 heteroatoms. The van der Waals surface area contributed by atoms with Gasteiger partial charge in [0, 0.05) is 31.4 Å². The molecule has 1 aromatic heterocycles. The molecule has 1 saturated heterocycles. The second-order valence-electron chi connectivity index (χ2n) is 7.14. The molecule has 7 nitrogen and oxygen atoms in total. The van der Waals surface area contributed by atoms with Crippen LogP contribution in [0.15, 0.2) is 18.2 Å². The van der Waals surface area contributed by atoms with Crippen LogP contribution in [0.3, 0.4) is 0 Å². The first-order chi connectivity index (χ1) is 13.1. The first kappa shape index (κ1) is 19.6. The third kappa shape index (κ3) is 5.43. The van der Waals surface area contributed by atoms with Gasteiger partial charge in [-0.05, 0) is 51.2 Å². The van der Waals surface area contributed by atoms with Crippen LogP contribution >= 0.6 is 0 Å². The number of unbranched alkanes of at least 4 members (excludes halogenated alkanes) is 1. The van der Waals surface area contributed by atoms with Crippen molar-refractivity contribution in [3.63, 3.8) is 0 Å². The molecule has 0 unspecified atom stereocenters. The van der Waals surface area contributed by atoms with Crippen molar-refractivity contribution in [3.05, 3.63) is 23.9 Å². The number of carbonyl (C=O) groups excluding carboxylic acids is 1. The smallest absolute Gasteiger partial charge is 0.223 e. The highest BCUT2D eigenvalue weighted by atomic mass is 16.5. The van der Waals surface area contributed by atoms with E-state index in [0.717, 1.165) is 48.0 Å². The summed E-state index contributed by atoms with van der Waals surface area (Å²) in [5, 5.41) is 21.3. The molecule has 27 heavy (non-hydrogen) atoms. The molecule has 1 amide bonds. The molecule has 2 heterocycles. The van der Waals surface area contributed by atoms with Crippen molar-refractivity contribution in [1.29, 1.82) is 0 Å². The van der Waals surface area contributed by atoms with Crippen molar-refractivity contribution in [3.8, 4) is 5.75 Å². The zero-order valence-electron chi connectivity index (χ0n) is 15.9. The van der Waals surface area contributed by atoms with Crippen LogP contribution in [0.1, 0.15) is 37.8 Å². The van der Waals surface area contributed by atoms with E-state index in [0.29, 0.717) is 26.2 Å². The molecule has 1 aromatic carbocycles. The first-order valence-corrected chi connectivity index (χ1v) is 9.75. The van der Waals surface area contributed by atoms with Gasteiger partial charge < -0.3 is 19.9 Å². The van der Waals surface area contributed by atoms with Crippen LogP contribution in [0, 0.1) is 12.8 Å². The summed E-state index contributed by atoms with van der Waals surface area (Å²) in [6.45, 7) is 4.20. The van der Waals surface area contributed by atoms with Crippen molar-refractivity contribution in [2.75, 3.05) is 26.4 Å². The lowest BCUT2D eigenvalue weighted by molar-refractivity contribution is -0.127. The van der Waals surface area contributed by atoms with Crippen molar-refractivity contribution >= 4 is 16.8 Å². The number of aliphatic hydroxyl groups is 1. The Hall–Kier alpha value is -2.12. The van der Waals surface area contributed by atoms with E-state index in [9.17, 15) is 9.90 Å².